The first-order valence-corrected chi connectivity index (χ1v) is 10.8. The molecule has 0 spiro atoms. The molecule has 9 heteroatoms. The molecule has 31 heavy (non-hydrogen) atoms. The van der Waals surface area contributed by atoms with Crippen molar-refractivity contribution >= 4 is 28.6 Å². The van der Waals surface area contributed by atoms with Crippen molar-refractivity contribution in [3.63, 3.8) is 0 Å². The zero-order chi connectivity index (χ0) is 22.0. The van der Waals surface area contributed by atoms with Crippen LogP contribution in [-0.2, 0) is 4.79 Å². The van der Waals surface area contributed by atoms with Crippen molar-refractivity contribution in [2.75, 3.05) is 13.1 Å². The van der Waals surface area contributed by atoms with Gasteiger partial charge in [-0.05, 0) is 56.2 Å². The minimum Gasteiger partial charge on any atom is -0.435 e. The predicted molar refractivity (Wildman–Crippen MR) is 115 cm³/mol. The fraction of sp³-hybridized carbons (Fsp3) is 0.318. The van der Waals surface area contributed by atoms with Gasteiger partial charge in [-0.1, -0.05) is 23.9 Å². The van der Waals surface area contributed by atoms with E-state index in [1.165, 1.54) is 40.6 Å². The van der Waals surface area contributed by atoms with Crippen molar-refractivity contribution in [3.8, 4) is 11.4 Å². The van der Waals surface area contributed by atoms with Crippen molar-refractivity contribution in [3.05, 3.63) is 58.9 Å². The number of halogens is 2. The van der Waals surface area contributed by atoms with Crippen LogP contribution in [0.2, 0.25) is 0 Å². The van der Waals surface area contributed by atoms with E-state index in [0.717, 1.165) is 25.9 Å². The quantitative estimate of drug-likeness (QED) is 0.422. The monoisotopic (exact) mass is 445 g/mol. The average molecular weight is 445 g/mol. The molecule has 0 bridgehead atoms. The van der Waals surface area contributed by atoms with Gasteiger partial charge in [-0.2, -0.15) is 8.78 Å². The number of hydrogen-bond acceptors (Lipinski definition) is 5. The third kappa shape index (κ3) is 4.56. The number of carbonyl (C=O) groups excluding carboxylic acids is 1. The Morgan fingerprint density at radius 3 is 2.45 bits per heavy atom. The summed E-state index contributed by atoms with van der Waals surface area (Å²) in [4.78, 5) is 32.5. The number of nitrogens with zero attached hydrogens (tertiary/aromatic N) is 3. The van der Waals surface area contributed by atoms with Gasteiger partial charge in [0.25, 0.3) is 5.56 Å². The van der Waals surface area contributed by atoms with E-state index in [2.05, 4.69) is 9.72 Å². The molecule has 1 atom stereocenters. The number of benzene rings is 2. The number of carbonyl (C=O) groups is 1. The highest BCUT2D eigenvalue weighted by Gasteiger charge is 2.26. The largest absolute Gasteiger partial charge is 0.435 e. The maximum absolute atomic E-state index is 13.3. The number of aromatic nitrogens is 2. The lowest BCUT2D eigenvalue weighted by Gasteiger charge is -2.21. The van der Waals surface area contributed by atoms with Crippen molar-refractivity contribution in [2.45, 2.75) is 36.8 Å². The number of amides is 1. The zero-order valence-corrected chi connectivity index (χ0v) is 17.6. The smallest absolute Gasteiger partial charge is 0.387 e. The van der Waals surface area contributed by atoms with Crippen LogP contribution < -0.4 is 10.3 Å². The Kier molecular flexibility index (Phi) is 6.22. The van der Waals surface area contributed by atoms with Gasteiger partial charge in [0.05, 0.1) is 21.8 Å². The summed E-state index contributed by atoms with van der Waals surface area (Å²) in [6.07, 6.45) is 1.99. The summed E-state index contributed by atoms with van der Waals surface area (Å²) in [5, 5.41) is 0.364. The second-order valence-electron chi connectivity index (χ2n) is 7.22. The normalized spacial score (nSPS) is 14.9. The third-order valence-corrected chi connectivity index (χ3v) is 6.15. The summed E-state index contributed by atoms with van der Waals surface area (Å²) in [5.74, 6) is 0.00414. The highest BCUT2D eigenvalue weighted by molar-refractivity contribution is 8.00. The number of alkyl halides is 2. The number of fused-ring (bicyclic) bond motifs is 1. The molecule has 0 N–H and O–H groups in total. The maximum atomic E-state index is 13.3. The molecule has 1 aliphatic rings. The Labute approximate surface area is 181 Å². The maximum Gasteiger partial charge on any atom is 0.387 e. The van der Waals surface area contributed by atoms with E-state index in [-0.39, 0.29) is 17.2 Å². The summed E-state index contributed by atoms with van der Waals surface area (Å²) in [6, 6.07) is 12.8. The van der Waals surface area contributed by atoms with Crippen molar-refractivity contribution < 1.29 is 18.3 Å². The SMILES string of the molecule is CC(Sc1nc2ccccc2c(=O)n1-c1ccc(OC(F)F)cc1)C(=O)N1CCCC1. The number of para-hydroxylation sites is 1. The van der Waals surface area contributed by atoms with Gasteiger partial charge in [0.15, 0.2) is 5.16 Å². The second-order valence-corrected chi connectivity index (χ2v) is 8.52. The van der Waals surface area contributed by atoms with E-state index in [1.807, 2.05) is 4.90 Å². The molecular weight excluding hydrogens is 424 g/mol. The molecule has 0 saturated carbocycles. The molecular formula is C22H21F2N3O3S. The van der Waals surface area contributed by atoms with Crippen LogP contribution in [0.5, 0.6) is 5.75 Å². The molecule has 0 radical (unpaired) electrons. The minimum absolute atomic E-state index is 0.00710. The molecule has 1 aromatic heterocycles. The third-order valence-electron chi connectivity index (χ3n) is 5.11. The molecule has 6 nitrogen and oxygen atoms in total. The topological polar surface area (TPSA) is 64.4 Å². The Morgan fingerprint density at radius 2 is 1.77 bits per heavy atom. The van der Waals surface area contributed by atoms with Crippen LogP contribution >= 0.6 is 11.8 Å². The van der Waals surface area contributed by atoms with Crippen molar-refractivity contribution in [1.29, 1.82) is 0 Å². The number of likely N-dealkylation sites (tertiary alicyclic amines) is 1. The molecule has 3 aromatic rings. The van der Waals surface area contributed by atoms with Crippen molar-refractivity contribution in [2.24, 2.45) is 0 Å². The van der Waals surface area contributed by atoms with E-state index in [1.54, 1.807) is 31.2 Å². The lowest BCUT2D eigenvalue weighted by Crippen LogP contribution is -2.34. The molecule has 4 rings (SSSR count). The Bertz CT molecular complexity index is 1140. The van der Waals surface area contributed by atoms with Gasteiger partial charge >= 0.3 is 6.61 Å². The molecule has 1 fully saturated rings. The van der Waals surface area contributed by atoms with E-state index >= 15 is 0 Å². The van der Waals surface area contributed by atoms with Gasteiger partial charge in [-0.25, -0.2) is 4.98 Å². The summed E-state index contributed by atoms with van der Waals surface area (Å²) >= 11 is 1.21. The summed E-state index contributed by atoms with van der Waals surface area (Å²) in [6.45, 7) is 0.358. The second kappa shape index (κ2) is 9.05. The van der Waals surface area contributed by atoms with Crippen LogP contribution in [0.15, 0.2) is 58.5 Å². The fourth-order valence-corrected chi connectivity index (χ4v) is 4.61. The lowest BCUT2D eigenvalue weighted by molar-refractivity contribution is -0.129. The number of hydrogen-bond donors (Lipinski definition) is 0. The standard InChI is InChI=1S/C22H21F2N3O3S/c1-14(19(28)26-12-4-5-13-26)31-22-25-18-7-3-2-6-17(18)20(29)27(22)15-8-10-16(11-9-15)30-21(23)24/h2-3,6-11,14,21H,4-5,12-13H2,1H3. The average Bonchev–Trinajstić information content (AvgIpc) is 3.29. The molecule has 162 valence electrons. The van der Waals surface area contributed by atoms with E-state index in [4.69, 9.17) is 0 Å². The van der Waals surface area contributed by atoms with Crippen LogP contribution in [0.3, 0.4) is 0 Å². The van der Waals surface area contributed by atoms with Crippen LogP contribution in [0.1, 0.15) is 19.8 Å². The molecule has 0 aliphatic carbocycles. The van der Waals surface area contributed by atoms with Crippen LogP contribution in [-0.4, -0.2) is 45.3 Å². The number of rotatable bonds is 6. The number of thioether (sulfide) groups is 1. The lowest BCUT2D eigenvalue weighted by atomic mass is 10.2. The van der Waals surface area contributed by atoms with E-state index in [0.29, 0.717) is 21.7 Å². The molecule has 1 saturated heterocycles. The van der Waals surface area contributed by atoms with E-state index < -0.39 is 11.9 Å². The first kappa shape index (κ1) is 21.3. The van der Waals surface area contributed by atoms with Crippen LogP contribution in [0, 0.1) is 0 Å². The van der Waals surface area contributed by atoms with Gasteiger partial charge in [0.2, 0.25) is 5.91 Å². The summed E-state index contributed by atoms with van der Waals surface area (Å²) < 4.78 is 30.7. The minimum atomic E-state index is -2.93. The molecule has 1 aliphatic heterocycles. The van der Waals surface area contributed by atoms with Gasteiger partial charge in [0.1, 0.15) is 5.75 Å². The van der Waals surface area contributed by atoms with Crippen LogP contribution in [0.4, 0.5) is 8.78 Å². The zero-order valence-electron chi connectivity index (χ0n) is 16.8. The van der Waals surface area contributed by atoms with Crippen LogP contribution in [0.25, 0.3) is 16.6 Å². The molecule has 2 aromatic carbocycles. The molecule has 1 unspecified atom stereocenters. The molecule has 1 amide bonds. The van der Waals surface area contributed by atoms with Gasteiger partial charge < -0.3 is 9.64 Å². The van der Waals surface area contributed by atoms with Gasteiger partial charge in [-0.3, -0.25) is 14.2 Å². The first-order chi connectivity index (χ1) is 14.9. The predicted octanol–water partition coefficient (Wildman–Crippen LogP) is 4.09. The summed E-state index contributed by atoms with van der Waals surface area (Å²) in [7, 11) is 0. The first-order valence-electron chi connectivity index (χ1n) is 9.96. The van der Waals surface area contributed by atoms with Gasteiger partial charge in [-0.15, -0.1) is 0 Å². The van der Waals surface area contributed by atoms with E-state index in [9.17, 15) is 18.4 Å². The number of ether oxygens (including phenoxy) is 1. The highest BCUT2D eigenvalue weighted by atomic mass is 32.2. The Hall–Kier alpha value is -2.94. The summed E-state index contributed by atoms with van der Waals surface area (Å²) in [5.41, 5.74) is 0.689. The fourth-order valence-electron chi connectivity index (χ4n) is 3.60. The van der Waals surface area contributed by atoms with Gasteiger partial charge in [0, 0.05) is 13.1 Å². The highest BCUT2D eigenvalue weighted by Crippen LogP contribution is 2.28. The Morgan fingerprint density at radius 1 is 1.10 bits per heavy atom. The Balaban J connectivity index is 1.74. The molecule has 2 heterocycles. The van der Waals surface area contributed by atoms with Crippen molar-refractivity contribution in [1.82, 2.24) is 14.5 Å².